The Labute approximate surface area is 246 Å². The molecule has 0 unspecified atom stereocenters. The largest absolute Gasteiger partial charge is 0.426 e. The van der Waals surface area contributed by atoms with Gasteiger partial charge in [0.05, 0.1) is 39.3 Å². The van der Waals surface area contributed by atoms with Gasteiger partial charge >= 0.3 is 11.9 Å². The highest BCUT2D eigenvalue weighted by atomic mass is 16.6. The molecule has 2 aromatic heterocycles. The van der Waals surface area contributed by atoms with Crippen molar-refractivity contribution in [3.63, 3.8) is 0 Å². The number of hydrogen-bond acceptors (Lipinski definition) is 8. The highest BCUT2D eigenvalue weighted by molar-refractivity contribution is 5.92. The van der Waals surface area contributed by atoms with Crippen LogP contribution in [-0.4, -0.2) is 99.4 Å². The summed E-state index contributed by atoms with van der Waals surface area (Å²) in [5.74, 6) is 0.405. The van der Waals surface area contributed by atoms with Crippen molar-refractivity contribution in [3.8, 4) is 11.5 Å². The van der Waals surface area contributed by atoms with Crippen molar-refractivity contribution in [3.05, 3.63) is 59.9 Å². The van der Waals surface area contributed by atoms with Gasteiger partial charge in [0, 0.05) is 47.3 Å². The standard InChI is InChI=1S/C32H42N4O6/c1-35(2)15-11-23-21-33-25-7-5-9-27(31(23)25)41-29(37)13-17-39-19-20-40-18-14-30(38)42-28-10-6-8-26-32(28)24(22-34-26)12-16-36(3)4/h5-10,21-22,33-34H,11-20H2,1-4H3. The average Bonchev–Trinajstić information content (AvgIpc) is 3.57. The number of H-pyrrole nitrogens is 2. The number of likely N-dealkylation sites (N-methyl/N-ethyl adjacent to an activating group) is 2. The molecule has 0 radical (unpaired) electrons. The Hall–Kier alpha value is -3.70. The zero-order valence-electron chi connectivity index (χ0n) is 25.0. The topological polar surface area (TPSA) is 109 Å². The summed E-state index contributed by atoms with van der Waals surface area (Å²) in [7, 11) is 8.13. The minimum atomic E-state index is -0.353. The number of fused-ring (bicyclic) bond motifs is 2. The van der Waals surface area contributed by atoms with Crippen molar-refractivity contribution in [2.45, 2.75) is 25.7 Å². The third-order valence-corrected chi connectivity index (χ3v) is 6.88. The zero-order chi connectivity index (χ0) is 29.9. The maximum atomic E-state index is 12.5. The van der Waals surface area contributed by atoms with Gasteiger partial charge in [-0.3, -0.25) is 9.59 Å². The van der Waals surface area contributed by atoms with Crippen molar-refractivity contribution < 1.29 is 28.5 Å². The Bertz CT molecular complexity index is 1350. The lowest BCUT2D eigenvalue weighted by molar-refractivity contribution is -0.137. The number of nitrogens with one attached hydrogen (secondary N) is 2. The number of ether oxygens (including phenoxy) is 4. The minimum absolute atomic E-state index is 0.126. The van der Waals surface area contributed by atoms with Crippen LogP contribution in [0, 0.1) is 0 Å². The molecule has 0 aliphatic heterocycles. The van der Waals surface area contributed by atoms with Crippen LogP contribution in [0.15, 0.2) is 48.8 Å². The molecule has 0 fully saturated rings. The fourth-order valence-electron chi connectivity index (χ4n) is 4.67. The van der Waals surface area contributed by atoms with Gasteiger partial charge in [0.15, 0.2) is 0 Å². The van der Waals surface area contributed by atoms with E-state index in [1.165, 1.54) is 0 Å². The number of hydrogen-bond donors (Lipinski definition) is 2. The van der Waals surface area contributed by atoms with Crippen molar-refractivity contribution in [1.29, 1.82) is 0 Å². The van der Waals surface area contributed by atoms with E-state index < -0.39 is 0 Å². The van der Waals surface area contributed by atoms with Crippen LogP contribution < -0.4 is 9.47 Å². The van der Waals surface area contributed by atoms with Crippen molar-refractivity contribution >= 4 is 33.7 Å². The highest BCUT2D eigenvalue weighted by Crippen LogP contribution is 2.30. The van der Waals surface area contributed by atoms with Gasteiger partial charge in [0.2, 0.25) is 0 Å². The molecule has 2 N–H and O–H groups in total. The Morgan fingerprint density at radius 1 is 0.643 bits per heavy atom. The molecule has 0 aliphatic rings. The van der Waals surface area contributed by atoms with Gasteiger partial charge in [0.1, 0.15) is 11.5 Å². The van der Waals surface area contributed by atoms with E-state index in [9.17, 15) is 9.59 Å². The van der Waals surface area contributed by atoms with E-state index in [0.29, 0.717) is 24.7 Å². The third kappa shape index (κ3) is 8.90. The lowest BCUT2D eigenvalue weighted by Crippen LogP contribution is -2.16. The molecule has 2 aromatic carbocycles. The first kappa shape index (κ1) is 31.2. The van der Waals surface area contributed by atoms with Crippen LogP contribution in [-0.2, 0) is 31.9 Å². The van der Waals surface area contributed by atoms with Gasteiger partial charge in [-0.05, 0) is 76.4 Å². The molecule has 0 saturated heterocycles. The number of aromatic amines is 2. The molecular weight excluding hydrogens is 536 g/mol. The molecule has 10 nitrogen and oxygen atoms in total. The number of aromatic nitrogens is 2. The van der Waals surface area contributed by atoms with Crippen LogP contribution in [0.5, 0.6) is 11.5 Å². The molecule has 0 atom stereocenters. The number of nitrogens with zero attached hydrogens (tertiary/aromatic N) is 2. The van der Waals surface area contributed by atoms with Crippen molar-refractivity contribution in [1.82, 2.24) is 19.8 Å². The Balaban J connectivity index is 1.13. The number of benzene rings is 2. The van der Waals surface area contributed by atoms with Crippen LogP contribution in [0.1, 0.15) is 24.0 Å². The smallest absolute Gasteiger partial charge is 0.313 e. The van der Waals surface area contributed by atoms with Crippen molar-refractivity contribution in [2.75, 3.05) is 67.7 Å². The predicted molar refractivity (Wildman–Crippen MR) is 163 cm³/mol. The van der Waals surface area contributed by atoms with E-state index in [4.69, 9.17) is 18.9 Å². The summed E-state index contributed by atoms with van der Waals surface area (Å²) >= 11 is 0. The first-order chi connectivity index (χ1) is 20.3. The van der Waals surface area contributed by atoms with Gasteiger partial charge in [-0.1, -0.05) is 12.1 Å². The maximum absolute atomic E-state index is 12.5. The molecule has 4 rings (SSSR count). The van der Waals surface area contributed by atoms with Gasteiger partial charge < -0.3 is 38.7 Å². The minimum Gasteiger partial charge on any atom is -0.426 e. The maximum Gasteiger partial charge on any atom is 0.313 e. The predicted octanol–water partition coefficient (Wildman–Crippen LogP) is 4.18. The molecule has 0 aliphatic carbocycles. The van der Waals surface area contributed by atoms with Crippen LogP contribution in [0.2, 0.25) is 0 Å². The van der Waals surface area contributed by atoms with E-state index in [-0.39, 0.29) is 38.0 Å². The Morgan fingerprint density at radius 3 is 1.48 bits per heavy atom. The van der Waals surface area contributed by atoms with Gasteiger partial charge in [0.25, 0.3) is 0 Å². The van der Waals surface area contributed by atoms with Crippen LogP contribution in [0.3, 0.4) is 0 Å². The van der Waals surface area contributed by atoms with Gasteiger partial charge in [-0.15, -0.1) is 0 Å². The van der Waals surface area contributed by atoms with Crippen LogP contribution >= 0.6 is 0 Å². The van der Waals surface area contributed by atoms with E-state index in [1.807, 2.05) is 77.0 Å². The molecule has 226 valence electrons. The molecule has 10 heteroatoms. The second kappa shape index (κ2) is 15.5. The van der Waals surface area contributed by atoms with Gasteiger partial charge in [-0.2, -0.15) is 0 Å². The van der Waals surface area contributed by atoms with E-state index in [1.54, 1.807) is 0 Å². The van der Waals surface area contributed by atoms with Crippen molar-refractivity contribution in [2.24, 2.45) is 0 Å². The molecule has 0 spiro atoms. The summed E-state index contributed by atoms with van der Waals surface area (Å²) < 4.78 is 22.4. The molecule has 0 saturated carbocycles. The monoisotopic (exact) mass is 578 g/mol. The fourth-order valence-corrected chi connectivity index (χ4v) is 4.67. The lowest BCUT2D eigenvalue weighted by Gasteiger charge is -2.11. The first-order valence-corrected chi connectivity index (χ1v) is 14.4. The zero-order valence-corrected chi connectivity index (χ0v) is 25.0. The number of carbonyl (C=O) groups is 2. The normalized spacial score (nSPS) is 11.7. The summed E-state index contributed by atoms with van der Waals surface area (Å²) in [6.45, 7) is 2.85. The summed E-state index contributed by atoms with van der Waals surface area (Å²) in [4.78, 5) is 35.7. The fraction of sp³-hybridized carbons (Fsp3) is 0.438. The quantitative estimate of drug-likeness (QED) is 0.109. The summed E-state index contributed by atoms with van der Waals surface area (Å²) in [6.07, 6.45) is 5.90. The Morgan fingerprint density at radius 2 is 1.07 bits per heavy atom. The van der Waals surface area contributed by atoms with E-state index >= 15 is 0 Å². The van der Waals surface area contributed by atoms with E-state index in [2.05, 4.69) is 19.8 Å². The molecule has 42 heavy (non-hydrogen) atoms. The molecule has 4 aromatic rings. The lowest BCUT2D eigenvalue weighted by atomic mass is 10.1. The van der Waals surface area contributed by atoms with Crippen LogP contribution in [0.4, 0.5) is 0 Å². The second-order valence-electron chi connectivity index (χ2n) is 10.8. The summed E-state index contributed by atoms with van der Waals surface area (Å²) in [6, 6.07) is 11.3. The molecular formula is C32H42N4O6. The van der Waals surface area contributed by atoms with Gasteiger partial charge in [-0.25, -0.2) is 0 Å². The molecule has 0 amide bonds. The Kier molecular flexibility index (Phi) is 11.5. The number of esters is 2. The molecule has 0 bridgehead atoms. The molecule has 2 heterocycles. The second-order valence-corrected chi connectivity index (χ2v) is 10.8. The SMILES string of the molecule is CN(C)CCc1c[nH]c2cccc(OC(=O)CCOCCOCCC(=O)Oc3cccc4[nH]cc(CCN(C)C)c34)c12. The summed E-state index contributed by atoms with van der Waals surface area (Å²) in [5, 5.41) is 1.88. The number of rotatable bonds is 17. The average molecular weight is 579 g/mol. The van der Waals surface area contributed by atoms with E-state index in [0.717, 1.165) is 58.9 Å². The highest BCUT2D eigenvalue weighted by Gasteiger charge is 2.15. The number of carbonyl (C=O) groups excluding carboxylic acids is 2. The van der Waals surface area contributed by atoms with Crippen LogP contribution in [0.25, 0.3) is 21.8 Å². The third-order valence-electron chi connectivity index (χ3n) is 6.88. The summed E-state index contributed by atoms with van der Waals surface area (Å²) in [5.41, 5.74) is 4.12. The first-order valence-electron chi connectivity index (χ1n) is 14.4.